The van der Waals surface area contributed by atoms with Crippen LogP contribution in [-0.2, 0) is 9.05 Å². The van der Waals surface area contributed by atoms with Crippen molar-refractivity contribution in [1.29, 1.82) is 0 Å². The number of benzene rings is 4. The van der Waals surface area contributed by atoms with Gasteiger partial charge < -0.3 is 0 Å². The van der Waals surface area contributed by atoms with Gasteiger partial charge in [-0.15, -0.1) is 8.68 Å². The molecule has 10 rings (SSSR count). The van der Waals surface area contributed by atoms with E-state index < -0.39 is 8.02 Å². The van der Waals surface area contributed by atoms with Crippen LogP contribution in [0, 0.1) is 0 Å². The lowest BCUT2D eigenvalue weighted by atomic mass is 10.0. The average molecular weight is 706 g/mol. The lowest BCUT2D eigenvalue weighted by Crippen LogP contribution is -2.38. The zero-order chi connectivity index (χ0) is 35.5. The number of nitrogens with zero attached hydrogens (tertiary/aromatic N) is 4. The van der Waals surface area contributed by atoms with Gasteiger partial charge in [0.2, 0.25) is 0 Å². The topological polar surface area (TPSA) is 53.0 Å². The van der Waals surface area contributed by atoms with E-state index in [1.807, 2.05) is 24.3 Å². The van der Waals surface area contributed by atoms with E-state index in [2.05, 4.69) is 154 Å². The van der Waals surface area contributed by atoms with E-state index in [0.717, 1.165) is 89.4 Å². The monoisotopic (exact) mass is 705 g/mol. The molecule has 6 nitrogen and oxygen atoms in total. The maximum atomic E-state index is 7.02. The highest BCUT2D eigenvalue weighted by Gasteiger charge is 2.53. The number of allylic oxidation sites excluding steroid dienone is 4. The molecule has 2 aromatic heterocycles. The van der Waals surface area contributed by atoms with Crippen LogP contribution in [0.1, 0.15) is 33.6 Å². The molecule has 0 saturated carbocycles. The van der Waals surface area contributed by atoms with Crippen LogP contribution < -0.4 is 10.7 Å². The van der Waals surface area contributed by atoms with Gasteiger partial charge in [0, 0.05) is 22.3 Å². The Morgan fingerprint density at radius 2 is 0.755 bits per heavy atom. The SMILES string of the molecule is CO[P+]1(OC)n2c3ccc2C(c2ccccc2)=C2C=CC(=N2)C(c2ccccc2)=c2ccc(n21)=C(c1ccccc1)C1=NC(=C3c2ccccc2)C=C1. The van der Waals surface area contributed by atoms with Gasteiger partial charge in [-0.2, -0.15) is 9.05 Å². The molecule has 4 aliphatic heterocycles. The highest BCUT2D eigenvalue weighted by Crippen LogP contribution is 2.64. The lowest BCUT2D eigenvalue weighted by molar-refractivity contribution is 0.295. The summed E-state index contributed by atoms with van der Waals surface area (Å²) in [5.74, 6) is 0. The van der Waals surface area contributed by atoms with Crippen molar-refractivity contribution in [1.82, 2.24) is 8.68 Å². The molecule has 0 radical (unpaired) electrons. The van der Waals surface area contributed by atoms with Crippen molar-refractivity contribution in [3.63, 3.8) is 0 Å². The molecule has 6 heterocycles. The zero-order valence-corrected chi connectivity index (χ0v) is 30.1. The van der Waals surface area contributed by atoms with E-state index in [4.69, 9.17) is 19.0 Å². The molecule has 0 N–H and O–H groups in total. The quantitative estimate of drug-likeness (QED) is 0.163. The van der Waals surface area contributed by atoms with E-state index in [-0.39, 0.29) is 0 Å². The molecule has 7 heteroatoms. The molecule has 53 heavy (non-hydrogen) atoms. The Balaban J connectivity index is 1.51. The molecule has 0 spiro atoms. The maximum absolute atomic E-state index is 7.02. The van der Waals surface area contributed by atoms with Gasteiger partial charge in [-0.05, 0) is 70.8 Å². The van der Waals surface area contributed by atoms with Gasteiger partial charge >= 0.3 is 8.02 Å². The largest absolute Gasteiger partial charge is 0.496 e. The predicted octanol–water partition coefficient (Wildman–Crippen LogP) is 8.62. The summed E-state index contributed by atoms with van der Waals surface area (Å²) in [7, 11) is 0.189. The normalized spacial score (nSPS) is 16.6. The van der Waals surface area contributed by atoms with Crippen LogP contribution in [0.5, 0.6) is 0 Å². The number of fused-ring (bicyclic) bond motifs is 2. The second-order valence-corrected chi connectivity index (χ2v) is 15.6. The summed E-state index contributed by atoms with van der Waals surface area (Å²) in [6.45, 7) is 0. The molecule has 4 aliphatic rings. The molecule has 0 unspecified atom stereocenters. The molecule has 254 valence electrons. The molecular weight excluding hydrogens is 672 g/mol. The first-order chi connectivity index (χ1) is 26.2. The summed E-state index contributed by atoms with van der Waals surface area (Å²) in [5.41, 5.74) is 13.5. The van der Waals surface area contributed by atoms with Crippen LogP contribution in [0.4, 0.5) is 0 Å². The van der Waals surface area contributed by atoms with E-state index in [1.54, 1.807) is 14.2 Å². The predicted molar refractivity (Wildman–Crippen MR) is 216 cm³/mol. The fourth-order valence-corrected chi connectivity index (χ4v) is 10.8. The number of aliphatic imine (C=N–C) groups is 2. The first kappa shape index (κ1) is 31.6. The van der Waals surface area contributed by atoms with Crippen molar-refractivity contribution in [2.45, 2.75) is 0 Å². The van der Waals surface area contributed by atoms with Crippen LogP contribution >= 0.6 is 8.02 Å². The van der Waals surface area contributed by atoms with E-state index in [9.17, 15) is 0 Å². The van der Waals surface area contributed by atoms with Crippen LogP contribution in [0.25, 0.3) is 22.3 Å². The standard InChI is InChI=1S/C46H34N4O2P/c1-51-53(52-2)49-39-27-28-40(49)45(33-19-11-5-12-20-33)37-25-26-38(48-37)46(34-21-13-6-14-22-34)42-30-29-41(50(42)53)44(32-17-9-4-10-18-32)36-24-23-35(47-36)43(39)31-15-7-3-8-16-31/h3-30H,1-2H3/q+1. The van der Waals surface area contributed by atoms with Crippen molar-refractivity contribution in [2.75, 3.05) is 14.2 Å². The van der Waals surface area contributed by atoms with Crippen molar-refractivity contribution in [3.8, 4) is 0 Å². The number of hydrogen-bond acceptors (Lipinski definition) is 4. The van der Waals surface area contributed by atoms with Crippen LogP contribution in [-0.4, -0.2) is 34.3 Å². The summed E-state index contributed by atoms with van der Waals surface area (Å²) < 4.78 is 18.7. The zero-order valence-electron chi connectivity index (χ0n) is 29.2. The summed E-state index contributed by atoms with van der Waals surface area (Å²) in [4.78, 5) is 10.9. The molecule has 0 saturated heterocycles. The Kier molecular flexibility index (Phi) is 7.44. The smallest absolute Gasteiger partial charge is 0.248 e. The maximum Gasteiger partial charge on any atom is 0.496 e. The molecule has 0 amide bonds. The third-order valence-electron chi connectivity index (χ3n) is 10.3. The Morgan fingerprint density at radius 3 is 1.11 bits per heavy atom. The van der Waals surface area contributed by atoms with Gasteiger partial charge in [-0.1, -0.05) is 121 Å². The van der Waals surface area contributed by atoms with Gasteiger partial charge in [0.25, 0.3) is 0 Å². The van der Waals surface area contributed by atoms with Crippen molar-refractivity contribution in [3.05, 3.63) is 226 Å². The van der Waals surface area contributed by atoms with Crippen molar-refractivity contribution >= 4 is 41.7 Å². The van der Waals surface area contributed by atoms with Crippen LogP contribution in [0.2, 0.25) is 0 Å². The highest BCUT2D eigenvalue weighted by molar-refractivity contribution is 7.63. The molecule has 0 atom stereocenters. The van der Waals surface area contributed by atoms with E-state index >= 15 is 0 Å². The third kappa shape index (κ3) is 4.77. The first-order valence-corrected chi connectivity index (χ1v) is 19.2. The summed E-state index contributed by atoms with van der Waals surface area (Å²) in [6, 6.07) is 50.8. The Hall–Kier alpha value is -6.17. The Bertz CT molecular complexity index is 2580. The fraction of sp³-hybridized carbons (Fsp3) is 0.0435. The first-order valence-electron chi connectivity index (χ1n) is 17.7. The second kappa shape index (κ2) is 12.5. The van der Waals surface area contributed by atoms with Crippen molar-refractivity contribution < 1.29 is 9.05 Å². The average Bonchev–Trinajstić information content (AvgIpc) is 4.05. The number of aromatic nitrogens is 2. The lowest BCUT2D eigenvalue weighted by Gasteiger charge is -2.28. The summed E-state index contributed by atoms with van der Waals surface area (Å²) in [6.07, 6.45) is 8.57. The van der Waals surface area contributed by atoms with E-state index in [0.29, 0.717) is 0 Å². The fourth-order valence-electron chi connectivity index (χ4n) is 8.06. The summed E-state index contributed by atoms with van der Waals surface area (Å²) >= 11 is 0. The molecule has 0 fully saturated rings. The highest BCUT2D eigenvalue weighted by atomic mass is 31.2. The molecular formula is C46H34N4O2P+. The Morgan fingerprint density at radius 1 is 0.396 bits per heavy atom. The van der Waals surface area contributed by atoms with E-state index in [1.165, 1.54) is 0 Å². The van der Waals surface area contributed by atoms with Crippen molar-refractivity contribution in [2.24, 2.45) is 9.98 Å². The summed E-state index contributed by atoms with van der Waals surface area (Å²) in [5, 5.41) is 1.87. The number of hydrogen-bond donors (Lipinski definition) is 0. The molecule has 6 aromatic rings. The Labute approximate surface area is 308 Å². The van der Waals surface area contributed by atoms with Gasteiger partial charge in [0.05, 0.1) is 59.1 Å². The number of rotatable bonds is 6. The van der Waals surface area contributed by atoms with Gasteiger partial charge in [0.15, 0.2) is 0 Å². The minimum Gasteiger partial charge on any atom is -0.248 e. The van der Waals surface area contributed by atoms with Gasteiger partial charge in [0.1, 0.15) is 0 Å². The van der Waals surface area contributed by atoms with Gasteiger partial charge in [-0.3, -0.25) is 0 Å². The van der Waals surface area contributed by atoms with Gasteiger partial charge in [-0.25, -0.2) is 9.98 Å². The minimum atomic E-state index is -3.37. The van der Waals surface area contributed by atoms with Crippen LogP contribution in [0.15, 0.2) is 191 Å². The van der Waals surface area contributed by atoms with Crippen LogP contribution in [0.3, 0.4) is 0 Å². The third-order valence-corrected chi connectivity index (χ3v) is 13.1. The minimum absolute atomic E-state index is 0.870. The molecule has 6 bridgehead atoms. The molecule has 0 aliphatic carbocycles. The molecule has 4 aromatic carbocycles. The second-order valence-electron chi connectivity index (χ2n) is 13.1.